The molecule has 22 heavy (non-hydrogen) atoms. The number of nitrogens with zero attached hydrogens (tertiary/aromatic N) is 1. The van der Waals surface area contributed by atoms with Crippen molar-refractivity contribution in [3.8, 4) is 5.75 Å². The van der Waals surface area contributed by atoms with Crippen molar-refractivity contribution in [1.82, 2.24) is 5.32 Å². The SMILES string of the molecule is COc1cc(CN=C(N)NCCc2cccs2)ccc1C.I. The van der Waals surface area contributed by atoms with E-state index < -0.39 is 0 Å². The van der Waals surface area contributed by atoms with E-state index in [0.29, 0.717) is 12.5 Å². The molecule has 0 aliphatic rings. The Kier molecular flexibility index (Phi) is 8.26. The average molecular weight is 431 g/mol. The Hall–Kier alpha value is -1.28. The quantitative estimate of drug-likeness (QED) is 0.419. The first-order valence-electron chi connectivity index (χ1n) is 6.88. The summed E-state index contributed by atoms with van der Waals surface area (Å²) in [7, 11) is 1.68. The summed E-state index contributed by atoms with van der Waals surface area (Å²) >= 11 is 1.76. The van der Waals surface area contributed by atoms with Crippen LogP contribution in [0.1, 0.15) is 16.0 Å². The van der Waals surface area contributed by atoms with Crippen LogP contribution in [0.5, 0.6) is 5.75 Å². The standard InChI is InChI=1S/C16H21N3OS.HI/c1-12-5-6-13(10-15(12)20-2)11-19-16(17)18-8-7-14-4-3-9-21-14;/h3-6,9-10H,7-8,11H2,1-2H3,(H3,17,18,19);1H. The molecule has 0 fully saturated rings. The monoisotopic (exact) mass is 431 g/mol. The second kappa shape index (κ2) is 9.68. The van der Waals surface area contributed by atoms with Crippen LogP contribution in [-0.2, 0) is 13.0 Å². The van der Waals surface area contributed by atoms with Crippen molar-refractivity contribution in [1.29, 1.82) is 0 Å². The molecule has 0 spiro atoms. The van der Waals surface area contributed by atoms with Crippen molar-refractivity contribution < 1.29 is 4.74 Å². The van der Waals surface area contributed by atoms with E-state index >= 15 is 0 Å². The van der Waals surface area contributed by atoms with Gasteiger partial charge in [-0.2, -0.15) is 0 Å². The summed E-state index contributed by atoms with van der Waals surface area (Å²) < 4.78 is 5.30. The highest BCUT2D eigenvalue weighted by Gasteiger charge is 2.00. The van der Waals surface area contributed by atoms with Crippen molar-refractivity contribution in [3.63, 3.8) is 0 Å². The fourth-order valence-corrected chi connectivity index (χ4v) is 2.67. The number of benzene rings is 1. The zero-order valence-corrected chi connectivity index (χ0v) is 16.0. The van der Waals surface area contributed by atoms with E-state index in [1.54, 1.807) is 18.4 Å². The number of thiophene rings is 1. The summed E-state index contributed by atoms with van der Waals surface area (Å²) in [6, 6.07) is 10.3. The van der Waals surface area contributed by atoms with Gasteiger partial charge in [-0.3, -0.25) is 0 Å². The molecule has 2 rings (SSSR count). The van der Waals surface area contributed by atoms with Crippen LogP contribution in [0.2, 0.25) is 0 Å². The Labute approximate surface area is 152 Å². The van der Waals surface area contributed by atoms with Gasteiger partial charge in [-0.05, 0) is 42.0 Å². The Balaban J connectivity index is 0.00000242. The van der Waals surface area contributed by atoms with Gasteiger partial charge in [0.25, 0.3) is 0 Å². The third-order valence-corrected chi connectivity index (χ3v) is 4.10. The van der Waals surface area contributed by atoms with Crippen molar-refractivity contribution in [2.45, 2.75) is 19.9 Å². The van der Waals surface area contributed by atoms with Gasteiger partial charge in [-0.1, -0.05) is 18.2 Å². The number of ether oxygens (including phenoxy) is 1. The van der Waals surface area contributed by atoms with Crippen LogP contribution in [0.3, 0.4) is 0 Å². The van der Waals surface area contributed by atoms with Crippen molar-refractivity contribution in [2.24, 2.45) is 10.7 Å². The van der Waals surface area contributed by atoms with Crippen LogP contribution >= 0.6 is 35.3 Å². The number of rotatable bonds is 6. The highest BCUT2D eigenvalue weighted by molar-refractivity contribution is 14.0. The Bertz CT molecular complexity index is 599. The number of guanidine groups is 1. The summed E-state index contributed by atoms with van der Waals surface area (Å²) in [5, 5.41) is 5.22. The van der Waals surface area contributed by atoms with Gasteiger partial charge < -0.3 is 15.8 Å². The molecule has 0 radical (unpaired) electrons. The molecule has 0 unspecified atom stereocenters. The molecule has 1 aromatic heterocycles. The number of hydrogen-bond acceptors (Lipinski definition) is 3. The fourth-order valence-electron chi connectivity index (χ4n) is 1.96. The van der Waals surface area contributed by atoms with Gasteiger partial charge in [0.1, 0.15) is 5.75 Å². The van der Waals surface area contributed by atoms with Crippen LogP contribution in [0.25, 0.3) is 0 Å². The minimum atomic E-state index is 0. The molecule has 1 heterocycles. The van der Waals surface area contributed by atoms with Gasteiger partial charge >= 0.3 is 0 Å². The van der Waals surface area contributed by atoms with Gasteiger partial charge in [0.15, 0.2) is 5.96 Å². The molecule has 2 aromatic rings. The van der Waals surface area contributed by atoms with Gasteiger partial charge in [0.2, 0.25) is 0 Å². The predicted molar refractivity (Wildman–Crippen MR) is 104 cm³/mol. The normalized spacial score (nSPS) is 10.9. The zero-order chi connectivity index (χ0) is 15.1. The first-order chi connectivity index (χ1) is 10.2. The maximum atomic E-state index is 5.87. The maximum Gasteiger partial charge on any atom is 0.188 e. The van der Waals surface area contributed by atoms with Gasteiger partial charge in [-0.15, -0.1) is 35.3 Å². The minimum Gasteiger partial charge on any atom is -0.496 e. The van der Waals surface area contributed by atoms with E-state index in [9.17, 15) is 0 Å². The molecule has 0 atom stereocenters. The summed E-state index contributed by atoms with van der Waals surface area (Å²) in [4.78, 5) is 5.70. The minimum absolute atomic E-state index is 0. The lowest BCUT2D eigenvalue weighted by atomic mass is 10.1. The number of aliphatic imine (C=N–C) groups is 1. The highest BCUT2D eigenvalue weighted by atomic mass is 127. The number of nitrogens with one attached hydrogen (secondary N) is 1. The van der Waals surface area contributed by atoms with E-state index in [0.717, 1.165) is 29.8 Å². The molecule has 4 nitrogen and oxygen atoms in total. The first-order valence-corrected chi connectivity index (χ1v) is 7.76. The molecular formula is C16H22IN3OS. The van der Waals surface area contributed by atoms with Crippen molar-refractivity contribution >= 4 is 41.3 Å². The molecule has 120 valence electrons. The molecule has 0 aliphatic carbocycles. The van der Waals surface area contributed by atoms with Crippen LogP contribution in [0.4, 0.5) is 0 Å². The fraction of sp³-hybridized carbons (Fsp3) is 0.312. The van der Waals surface area contributed by atoms with Crippen LogP contribution in [-0.4, -0.2) is 19.6 Å². The maximum absolute atomic E-state index is 5.87. The molecule has 0 amide bonds. The number of nitrogens with two attached hydrogens (primary N) is 1. The predicted octanol–water partition coefficient (Wildman–Crippen LogP) is 3.33. The number of hydrogen-bond donors (Lipinski definition) is 2. The molecule has 3 N–H and O–H groups in total. The molecule has 0 saturated carbocycles. The summed E-state index contributed by atoms with van der Waals surface area (Å²) in [6.45, 7) is 3.37. The van der Waals surface area contributed by atoms with E-state index in [1.807, 2.05) is 25.1 Å². The van der Waals surface area contributed by atoms with Crippen LogP contribution in [0, 0.1) is 6.92 Å². The lowest BCUT2D eigenvalue weighted by Crippen LogP contribution is -2.33. The Morgan fingerprint density at radius 2 is 2.18 bits per heavy atom. The first kappa shape index (κ1) is 18.8. The lowest BCUT2D eigenvalue weighted by molar-refractivity contribution is 0.411. The van der Waals surface area contributed by atoms with Gasteiger partial charge in [0, 0.05) is 11.4 Å². The third kappa shape index (κ3) is 5.84. The van der Waals surface area contributed by atoms with Crippen molar-refractivity contribution in [3.05, 3.63) is 51.7 Å². The van der Waals surface area contributed by atoms with Crippen molar-refractivity contribution in [2.75, 3.05) is 13.7 Å². The number of halogens is 1. The molecule has 0 aliphatic heterocycles. The smallest absolute Gasteiger partial charge is 0.188 e. The van der Waals surface area contributed by atoms with Crippen LogP contribution < -0.4 is 15.8 Å². The zero-order valence-electron chi connectivity index (χ0n) is 12.8. The summed E-state index contributed by atoms with van der Waals surface area (Å²) in [5.41, 5.74) is 8.07. The largest absolute Gasteiger partial charge is 0.496 e. The Morgan fingerprint density at radius 3 is 2.86 bits per heavy atom. The molecule has 0 bridgehead atoms. The van der Waals surface area contributed by atoms with Crippen LogP contribution in [0.15, 0.2) is 40.7 Å². The van der Waals surface area contributed by atoms with Gasteiger partial charge in [-0.25, -0.2) is 4.99 Å². The second-order valence-electron chi connectivity index (χ2n) is 4.76. The van der Waals surface area contributed by atoms with Gasteiger partial charge in [0.05, 0.1) is 13.7 Å². The average Bonchev–Trinajstić information content (AvgIpc) is 2.99. The van der Waals surface area contributed by atoms with E-state index in [1.165, 1.54) is 4.88 Å². The van der Waals surface area contributed by atoms with E-state index in [4.69, 9.17) is 10.5 Å². The number of aryl methyl sites for hydroxylation is 1. The Morgan fingerprint density at radius 1 is 1.36 bits per heavy atom. The second-order valence-corrected chi connectivity index (χ2v) is 5.79. The summed E-state index contributed by atoms with van der Waals surface area (Å²) in [5.74, 6) is 1.36. The van der Waals surface area contributed by atoms with E-state index in [-0.39, 0.29) is 24.0 Å². The molecule has 6 heteroatoms. The highest BCUT2D eigenvalue weighted by Crippen LogP contribution is 2.19. The molecule has 1 aromatic carbocycles. The topological polar surface area (TPSA) is 59.6 Å². The molecule has 0 saturated heterocycles. The summed E-state index contributed by atoms with van der Waals surface area (Å²) in [6.07, 6.45) is 0.965. The third-order valence-electron chi connectivity index (χ3n) is 3.16. The van der Waals surface area contributed by atoms with E-state index in [2.05, 4.69) is 27.8 Å². The lowest BCUT2D eigenvalue weighted by Gasteiger charge is -2.07. The molecular weight excluding hydrogens is 409 g/mol. The number of methoxy groups -OCH3 is 1.